The topological polar surface area (TPSA) is 80.6 Å². The van der Waals surface area contributed by atoms with Crippen molar-refractivity contribution in [2.45, 2.75) is 55.5 Å². The molecule has 2 aromatic rings. The molecule has 8 heteroatoms. The number of carbonyl (C=O) groups is 1. The summed E-state index contributed by atoms with van der Waals surface area (Å²) in [5, 5.41) is 0.912. The lowest BCUT2D eigenvalue weighted by molar-refractivity contribution is -0.146. The molecule has 1 aromatic carbocycles. The van der Waals surface area contributed by atoms with Crippen molar-refractivity contribution in [3.05, 3.63) is 30.5 Å². The van der Waals surface area contributed by atoms with Gasteiger partial charge in [-0.2, -0.15) is 0 Å². The molecule has 3 fully saturated rings. The number of morpholine rings is 1. The van der Waals surface area contributed by atoms with Crippen LogP contribution in [0.5, 0.6) is 0 Å². The number of ether oxygens (including phenoxy) is 1. The highest BCUT2D eigenvalue weighted by Crippen LogP contribution is 2.38. The lowest BCUT2D eigenvalue weighted by Gasteiger charge is -2.39. The largest absolute Gasteiger partial charge is 0.377 e. The Morgan fingerprint density at radius 2 is 1.87 bits per heavy atom. The van der Waals surface area contributed by atoms with E-state index in [1.54, 1.807) is 12.1 Å². The van der Waals surface area contributed by atoms with Gasteiger partial charge in [0.05, 0.1) is 24.2 Å². The molecule has 2 saturated carbocycles. The normalized spacial score (nSPS) is 27.5. The Labute approximate surface area is 183 Å². The van der Waals surface area contributed by atoms with Gasteiger partial charge in [0, 0.05) is 42.7 Å². The SMILES string of the molecule is Cn1ccc2cc(S(=O)(=O)NC3CCC(C(=O)N4CCOCC4C4CC4)CC3)ccc21. The number of amides is 1. The number of sulfonamides is 1. The Morgan fingerprint density at radius 1 is 1.10 bits per heavy atom. The van der Waals surface area contributed by atoms with E-state index in [0.29, 0.717) is 43.4 Å². The van der Waals surface area contributed by atoms with Gasteiger partial charge in [-0.15, -0.1) is 0 Å². The average Bonchev–Trinajstić information content (AvgIpc) is 3.56. The second-order valence-electron chi connectivity index (χ2n) is 9.33. The van der Waals surface area contributed by atoms with E-state index in [2.05, 4.69) is 9.62 Å². The van der Waals surface area contributed by atoms with Gasteiger partial charge in [-0.05, 0) is 68.7 Å². The first-order valence-corrected chi connectivity index (χ1v) is 12.9. The monoisotopic (exact) mass is 445 g/mol. The molecule has 3 aliphatic rings. The number of hydrogen-bond donors (Lipinski definition) is 1. The van der Waals surface area contributed by atoms with Crippen LogP contribution in [0, 0.1) is 11.8 Å². The van der Waals surface area contributed by atoms with Crippen molar-refractivity contribution in [1.29, 1.82) is 0 Å². The minimum absolute atomic E-state index is 0.000716. The summed E-state index contributed by atoms with van der Waals surface area (Å²) in [5.74, 6) is 0.853. The summed E-state index contributed by atoms with van der Waals surface area (Å²) in [6, 6.07) is 7.28. The number of rotatable bonds is 5. The van der Waals surface area contributed by atoms with Gasteiger partial charge in [-0.1, -0.05) is 0 Å². The third kappa shape index (κ3) is 4.25. The number of nitrogens with one attached hydrogen (secondary N) is 1. The van der Waals surface area contributed by atoms with Crippen LogP contribution >= 0.6 is 0 Å². The van der Waals surface area contributed by atoms with E-state index in [4.69, 9.17) is 4.74 Å². The van der Waals surface area contributed by atoms with Crippen molar-refractivity contribution in [3.8, 4) is 0 Å². The van der Waals surface area contributed by atoms with Gasteiger partial charge in [-0.25, -0.2) is 13.1 Å². The lowest BCUT2D eigenvalue weighted by atomic mass is 9.85. The van der Waals surface area contributed by atoms with Crippen molar-refractivity contribution in [1.82, 2.24) is 14.2 Å². The molecule has 7 nitrogen and oxygen atoms in total. The van der Waals surface area contributed by atoms with Crippen LogP contribution in [0.2, 0.25) is 0 Å². The molecule has 0 bridgehead atoms. The Hall–Kier alpha value is -1.90. The summed E-state index contributed by atoms with van der Waals surface area (Å²) in [6.07, 6.45) is 7.18. The molecule has 168 valence electrons. The molecule has 5 rings (SSSR count). The van der Waals surface area contributed by atoms with Gasteiger partial charge >= 0.3 is 0 Å². The molecular weight excluding hydrogens is 414 g/mol. The highest BCUT2D eigenvalue weighted by molar-refractivity contribution is 7.89. The quantitative estimate of drug-likeness (QED) is 0.767. The first kappa shape index (κ1) is 21.0. The zero-order chi connectivity index (χ0) is 21.6. The fourth-order valence-electron chi connectivity index (χ4n) is 5.18. The molecule has 1 atom stereocenters. The molecule has 1 saturated heterocycles. The van der Waals surface area contributed by atoms with Crippen LogP contribution in [0.4, 0.5) is 0 Å². The molecule has 0 radical (unpaired) electrons. The second kappa shape index (κ2) is 8.22. The van der Waals surface area contributed by atoms with Gasteiger partial charge in [0.15, 0.2) is 0 Å². The molecule has 1 aromatic heterocycles. The number of fused-ring (bicyclic) bond motifs is 1. The van der Waals surface area contributed by atoms with Gasteiger partial charge < -0.3 is 14.2 Å². The van der Waals surface area contributed by atoms with Crippen molar-refractivity contribution in [2.24, 2.45) is 18.9 Å². The molecule has 1 unspecified atom stereocenters. The third-order valence-corrected chi connectivity index (χ3v) is 8.70. The van der Waals surface area contributed by atoms with Crippen molar-refractivity contribution < 1.29 is 17.9 Å². The number of carbonyl (C=O) groups excluding carboxylic acids is 1. The van der Waals surface area contributed by atoms with Crippen molar-refractivity contribution >= 4 is 26.8 Å². The van der Waals surface area contributed by atoms with Crippen LogP contribution in [0.25, 0.3) is 10.9 Å². The molecule has 1 amide bonds. The molecule has 0 spiro atoms. The first-order chi connectivity index (χ1) is 14.9. The number of nitrogens with zero attached hydrogens (tertiary/aromatic N) is 2. The third-order valence-electron chi connectivity index (χ3n) is 7.18. The summed E-state index contributed by atoms with van der Waals surface area (Å²) in [7, 11) is -1.64. The van der Waals surface area contributed by atoms with E-state index in [1.165, 1.54) is 12.8 Å². The fraction of sp³-hybridized carbons (Fsp3) is 0.609. The Bertz CT molecular complexity index is 1070. The van der Waals surface area contributed by atoms with Crippen LogP contribution in [0.1, 0.15) is 38.5 Å². The lowest BCUT2D eigenvalue weighted by Crippen LogP contribution is -2.52. The summed E-state index contributed by atoms with van der Waals surface area (Å²) in [4.78, 5) is 15.5. The molecule has 2 heterocycles. The number of hydrogen-bond acceptors (Lipinski definition) is 4. The highest BCUT2D eigenvalue weighted by atomic mass is 32.2. The summed E-state index contributed by atoms with van der Waals surface area (Å²) < 4.78 is 36.3. The van der Waals surface area contributed by atoms with Crippen molar-refractivity contribution in [3.63, 3.8) is 0 Å². The minimum atomic E-state index is -3.58. The standard InChI is InChI=1S/C23H31N3O4S/c1-25-11-10-18-14-20(8-9-21(18)25)31(28,29)24-19-6-4-17(5-7-19)23(27)26-12-13-30-15-22(26)16-2-3-16/h8-11,14,16-17,19,22,24H,2-7,12-13,15H2,1H3. The van der Waals surface area contributed by atoms with Crippen LogP contribution in [-0.2, 0) is 26.6 Å². The molecule has 1 N–H and O–H groups in total. The molecule has 31 heavy (non-hydrogen) atoms. The minimum Gasteiger partial charge on any atom is -0.377 e. The smallest absolute Gasteiger partial charge is 0.240 e. The number of benzene rings is 1. The van der Waals surface area contributed by atoms with E-state index >= 15 is 0 Å². The summed E-state index contributed by atoms with van der Waals surface area (Å²) in [6.45, 7) is 1.97. The Balaban J connectivity index is 1.20. The number of aromatic nitrogens is 1. The second-order valence-corrected chi connectivity index (χ2v) is 11.0. The Morgan fingerprint density at radius 3 is 2.61 bits per heavy atom. The van der Waals surface area contributed by atoms with Gasteiger partial charge in [0.25, 0.3) is 0 Å². The van der Waals surface area contributed by atoms with Crippen LogP contribution in [0.3, 0.4) is 0 Å². The average molecular weight is 446 g/mol. The zero-order valence-electron chi connectivity index (χ0n) is 18.0. The fourth-order valence-corrected chi connectivity index (χ4v) is 6.51. The maximum Gasteiger partial charge on any atom is 0.240 e. The van der Waals surface area contributed by atoms with Crippen LogP contribution < -0.4 is 4.72 Å². The van der Waals surface area contributed by atoms with Crippen LogP contribution in [0.15, 0.2) is 35.4 Å². The molecular formula is C23H31N3O4S. The summed E-state index contributed by atoms with van der Waals surface area (Å²) >= 11 is 0. The van der Waals surface area contributed by atoms with Gasteiger partial charge in [-0.3, -0.25) is 4.79 Å². The van der Waals surface area contributed by atoms with Gasteiger partial charge in [0.2, 0.25) is 15.9 Å². The highest BCUT2D eigenvalue weighted by Gasteiger charge is 2.41. The van der Waals surface area contributed by atoms with Crippen molar-refractivity contribution in [2.75, 3.05) is 19.8 Å². The van der Waals surface area contributed by atoms with E-state index in [9.17, 15) is 13.2 Å². The van der Waals surface area contributed by atoms with Gasteiger partial charge in [0.1, 0.15) is 0 Å². The first-order valence-electron chi connectivity index (χ1n) is 11.4. The maximum atomic E-state index is 13.2. The predicted octanol–water partition coefficient (Wildman–Crippen LogP) is 2.65. The molecule has 1 aliphatic heterocycles. The maximum absolute atomic E-state index is 13.2. The van der Waals surface area contributed by atoms with E-state index in [0.717, 1.165) is 23.7 Å². The summed E-state index contributed by atoms with van der Waals surface area (Å²) in [5.41, 5.74) is 1.01. The Kier molecular flexibility index (Phi) is 5.56. The van der Waals surface area contributed by atoms with E-state index in [-0.39, 0.29) is 23.9 Å². The number of aryl methyl sites for hydroxylation is 1. The zero-order valence-corrected chi connectivity index (χ0v) is 18.8. The van der Waals surface area contributed by atoms with E-state index < -0.39 is 10.0 Å². The van der Waals surface area contributed by atoms with E-state index in [1.807, 2.05) is 29.9 Å². The predicted molar refractivity (Wildman–Crippen MR) is 118 cm³/mol. The van der Waals surface area contributed by atoms with Crippen LogP contribution in [-0.4, -0.2) is 55.6 Å². The molecule has 2 aliphatic carbocycles.